The van der Waals surface area contributed by atoms with Crippen LogP contribution in [0.25, 0.3) is 0 Å². The topological polar surface area (TPSA) is 118 Å². The van der Waals surface area contributed by atoms with Gasteiger partial charge in [0.1, 0.15) is 11.8 Å². The van der Waals surface area contributed by atoms with Gasteiger partial charge in [0, 0.05) is 28.9 Å². The number of hydrogen-bond acceptors (Lipinski definition) is 9. The van der Waals surface area contributed by atoms with Crippen molar-refractivity contribution in [3.8, 4) is 11.5 Å². The molecule has 10 nitrogen and oxygen atoms in total. The number of phenolic OH excluding ortho intramolecular Hbond substituents is 1. The van der Waals surface area contributed by atoms with Crippen LogP contribution >= 0.6 is 34.7 Å². The molecule has 41 heavy (non-hydrogen) atoms. The van der Waals surface area contributed by atoms with Crippen LogP contribution in [0, 0.1) is 5.92 Å². The molecule has 3 aromatic rings. The van der Waals surface area contributed by atoms with Gasteiger partial charge in [0.05, 0.1) is 36.5 Å². The fourth-order valence-electron chi connectivity index (χ4n) is 5.50. The molecule has 3 aliphatic heterocycles. The van der Waals surface area contributed by atoms with Crippen LogP contribution < -0.4 is 14.5 Å². The molecule has 3 aliphatic rings. The van der Waals surface area contributed by atoms with Crippen LogP contribution in [0.3, 0.4) is 0 Å². The summed E-state index contributed by atoms with van der Waals surface area (Å²) in [6.45, 7) is 3.67. The number of morpholine rings is 1. The minimum Gasteiger partial charge on any atom is -0.504 e. The lowest BCUT2D eigenvalue weighted by Gasteiger charge is -2.31. The number of fused-ring (bicyclic) bond motifs is 2. The predicted octanol–water partition coefficient (Wildman–Crippen LogP) is 3.32. The molecule has 4 heterocycles. The number of hydrogen-bond donors (Lipinski definition) is 1. The Labute approximate surface area is 248 Å². The molecule has 0 bridgehead atoms. The second kappa shape index (κ2) is 11.2. The third kappa shape index (κ3) is 4.92. The first kappa shape index (κ1) is 27.8. The molecule has 1 N–H and O–H groups in total. The maximum atomic E-state index is 14.0. The van der Waals surface area contributed by atoms with Crippen molar-refractivity contribution in [1.82, 2.24) is 9.47 Å². The normalized spacial score (nSPS) is 22.0. The Morgan fingerprint density at radius 3 is 2.54 bits per heavy atom. The predicted molar refractivity (Wildman–Crippen MR) is 154 cm³/mol. The number of thiazole rings is 1. The quantitative estimate of drug-likeness (QED) is 0.420. The molecule has 3 atom stereocenters. The maximum absolute atomic E-state index is 14.0. The highest BCUT2D eigenvalue weighted by Gasteiger charge is 2.57. The van der Waals surface area contributed by atoms with E-state index in [4.69, 9.17) is 21.1 Å². The van der Waals surface area contributed by atoms with Crippen LogP contribution in [0.4, 0.5) is 5.69 Å². The molecule has 0 aliphatic carbocycles. The summed E-state index contributed by atoms with van der Waals surface area (Å²) in [6, 6.07) is 11.3. The van der Waals surface area contributed by atoms with E-state index in [1.54, 1.807) is 48.2 Å². The first-order chi connectivity index (χ1) is 19.8. The molecule has 2 aromatic carbocycles. The van der Waals surface area contributed by atoms with Crippen molar-refractivity contribution < 1.29 is 29.0 Å². The second-order valence-corrected chi connectivity index (χ2v) is 12.4. The van der Waals surface area contributed by atoms with Crippen molar-refractivity contribution >= 4 is 58.1 Å². The zero-order valence-electron chi connectivity index (χ0n) is 21.9. The smallest absolute Gasteiger partial charge is 0.308 e. The van der Waals surface area contributed by atoms with Gasteiger partial charge in [-0.25, -0.2) is 4.90 Å². The van der Waals surface area contributed by atoms with Crippen molar-refractivity contribution in [1.29, 1.82) is 0 Å². The van der Waals surface area contributed by atoms with E-state index in [-0.39, 0.29) is 28.8 Å². The number of carbonyl (C=O) groups is 3. The zero-order chi connectivity index (χ0) is 28.8. The minimum absolute atomic E-state index is 0.0592. The van der Waals surface area contributed by atoms with Gasteiger partial charge in [0.25, 0.3) is 0 Å². The van der Waals surface area contributed by atoms with Crippen LogP contribution in [0.15, 0.2) is 52.3 Å². The number of amides is 3. The first-order valence-corrected chi connectivity index (χ1v) is 15.2. The number of benzene rings is 2. The Morgan fingerprint density at radius 2 is 1.83 bits per heavy atom. The minimum atomic E-state index is -0.834. The van der Waals surface area contributed by atoms with Crippen LogP contribution in [-0.2, 0) is 25.7 Å². The van der Waals surface area contributed by atoms with E-state index in [9.17, 15) is 24.3 Å². The Hall–Kier alpha value is -3.32. The number of phenols is 1. The number of imide groups is 1. The molecule has 0 radical (unpaired) electrons. The average Bonchev–Trinajstić information content (AvgIpc) is 3.41. The Balaban J connectivity index is 1.45. The summed E-state index contributed by atoms with van der Waals surface area (Å²) in [6.07, 6.45) is 0. The van der Waals surface area contributed by atoms with Gasteiger partial charge in [-0.3, -0.25) is 23.7 Å². The SMILES string of the molecule is CCOc1cc(C2c3sc(=O)n(CC(=O)N4CCOCC4)c3SC3C(=O)N(c4ccc(Cl)cc4)C(=O)C32)ccc1O. The number of thioether (sulfide) groups is 1. The molecule has 0 spiro atoms. The number of aromatic hydroxyl groups is 1. The van der Waals surface area contributed by atoms with Gasteiger partial charge >= 0.3 is 4.87 Å². The number of rotatable bonds is 6. The number of halogens is 1. The van der Waals surface area contributed by atoms with Crippen molar-refractivity contribution in [3.05, 3.63) is 67.6 Å². The molecular weight excluding hydrogens is 590 g/mol. The molecule has 3 amide bonds. The molecule has 2 saturated heterocycles. The van der Waals surface area contributed by atoms with Crippen molar-refractivity contribution in [3.63, 3.8) is 0 Å². The van der Waals surface area contributed by atoms with E-state index in [2.05, 4.69) is 0 Å². The van der Waals surface area contributed by atoms with Crippen LogP contribution in [0.5, 0.6) is 11.5 Å². The Kier molecular flexibility index (Phi) is 7.58. The van der Waals surface area contributed by atoms with E-state index in [0.717, 1.165) is 23.1 Å². The van der Waals surface area contributed by atoms with Gasteiger partial charge in [-0.2, -0.15) is 0 Å². The van der Waals surface area contributed by atoms with Gasteiger partial charge in [0.15, 0.2) is 11.5 Å². The lowest BCUT2D eigenvalue weighted by molar-refractivity contribution is -0.136. The third-order valence-electron chi connectivity index (χ3n) is 7.43. The Morgan fingerprint density at radius 1 is 1.10 bits per heavy atom. The largest absolute Gasteiger partial charge is 0.504 e. The van der Waals surface area contributed by atoms with Crippen molar-refractivity contribution in [2.24, 2.45) is 5.92 Å². The first-order valence-electron chi connectivity index (χ1n) is 13.1. The number of ether oxygens (including phenoxy) is 2. The highest BCUT2D eigenvalue weighted by molar-refractivity contribution is 8.00. The summed E-state index contributed by atoms with van der Waals surface area (Å²) in [5.41, 5.74) is 1.02. The van der Waals surface area contributed by atoms with Crippen LogP contribution in [0.1, 0.15) is 23.3 Å². The second-order valence-electron chi connectivity index (χ2n) is 9.81. The van der Waals surface area contributed by atoms with Gasteiger partial charge in [-0.15, -0.1) is 0 Å². The van der Waals surface area contributed by atoms with Gasteiger partial charge in [-0.05, 0) is 48.9 Å². The molecule has 214 valence electrons. The lowest BCUT2D eigenvalue weighted by atomic mass is 9.83. The Bertz CT molecular complexity index is 1580. The van der Waals surface area contributed by atoms with E-state index >= 15 is 0 Å². The van der Waals surface area contributed by atoms with Gasteiger partial charge < -0.3 is 19.5 Å². The van der Waals surface area contributed by atoms with E-state index in [1.165, 1.54) is 15.5 Å². The zero-order valence-corrected chi connectivity index (χ0v) is 24.3. The molecule has 13 heteroatoms. The van der Waals surface area contributed by atoms with E-state index < -0.39 is 28.9 Å². The van der Waals surface area contributed by atoms with Crippen molar-refractivity contribution in [2.45, 2.75) is 29.7 Å². The molecule has 2 fully saturated rings. The summed E-state index contributed by atoms with van der Waals surface area (Å²) < 4.78 is 12.4. The molecule has 0 saturated carbocycles. The summed E-state index contributed by atoms with van der Waals surface area (Å²) in [5, 5.41) is 10.5. The summed E-state index contributed by atoms with van der Waals surface area (Å²) in [7, 11) is 0. The molecule has 6 rings (SSSR count). The van der Waals surface area contributed by atoms with Gasteiger partial charge in [0.2, 0.25) is 17.7 Å². The summed E-state index contributed by atoms with van der Waals surface area (Å²) in [4.78, 5) is 57.4. The average molecular weight is 616 g/mol. The van der Waals surface area contributed by atoms with E-state index in [1.807, 2.05) is 0 Å². The third-order valence-corrected chi connectivity index (χ3v) is 10.3. The number of aromatic nitrogens is 1. The fraction of sp³-hybridized carbons (Fsp3) is 0.357. The van der Waals surface area contributed by atoms with Crippen molar-refractivity contribution in [2.75, 3.05) is 37.8 Å². The number of nitrogens with zero attached hydrogens (tertiary/aromatic N) is 3. The monoisotopic (exact) mass is 615 g/mol. The van der Waals surface area contributed by atoms with Crippen LogP contribution in [0.2, 0.25) is 5.02 Å². The fourth-order valence-corrected chi connectivity index (χ4v) is 8.40. The highest BCUT2D eigenvalue weighted by Crippen LogP contribution is 2.54. The summed E-state index contributed by atoms with van der Waals surface area (Å²) >= 11 is 8.18. The lowest BCUT2D eigenvalue weighted by Crippen LogP contribution is -2.43. The molecular formula is C28H26ClN3O7S2. The summed E-state index contributed by atoms with van der Waals surface area (Å²) in [5.74, 6) is -2.34. The number of anilines is 1. The molecule has 3 unspecified atom stereocenters. The number of carbonyl (C=O) groups excluding carboxylic acids is 3. The van der Waals surface area contributed by atoms with Crippen LogP contribution in [-0.4, -0.2) is 70.5 Å². The maximum Gasteiger partial charge on any atom is 0.308 e. The highest BCUT2D eigenvalue weighted by atomic mass is 35.5. The standard InChI is InChI=1S/C28H26ClN3O7S2/c1-2-39-19-13-15(3-8-18(19)33)21-22-23(26(36)32(25(22)35)17-6-4-16(29)5-7-17)40-27-24(21)41-28(37)31(27)14-20(34)30-9-11-38-12-10-30/h3-8,13,21-23,33H,2,9-12,14H2,1H3. The van der Waals surface area contributed by atoms with Gasteiger partial charge in [-0.1, -0.05) is 40.8 Å². The van der Waals surface area contributed by atoms with E-state index in [0.29, 0.717) is 59.1 Å². The molecule has 1 aromatic heterocycles.